The Balaban J connectivity index is 1.93. The summed E-state index contributed by atoms with van der Waals surface area (Å²) >= 11 is 0. The molecule has 2 aliphatic rings. The maximum Gasteiger partial charge on any atom is 0.312 e. The fourth-order valence-electron chi connectivity index (χ4n) is 2.20. The molecule has 1 saturated carbocycles. The number of amides is 2. The van der Waals surface area contributed by atoms with Crippen LogP contribution in [-0.2, 0) is 9.59 Å². The van der Waals surface area contributed by atoms with Crippen LogP contribution in [0.3, 0.4) is 0 Å². The summed E-state index contributed by atoms with van der Waals surface area (Å²) in [5.41, 5.74) is 0. The van der Waals surface area contributed by atoms with Crippen molar-refractivity contribution in [3.8, 4) is 0 Å². The van der Waals surface area contributed by atoms with Gasteiger partial charge < -0.3 is 15.1 Å². The SMILES string of the molecule is CCCN(C(=O)C(=O)N1CCNCC1)C1CC1. The molecule has 96 valence electrons. The Labute approximate surface area is 102 Å². The standard InChI is InChI=1S/C12H21N3O2/c1-2-7-15(10-3-4-10)12(17)11(16)14-8-5-13-6-9-14/h10,13H,2-9H2,1H3. The van der Waals surface area contributed by atoms with Crippen LogP contribution in [0.2, 0.25) is 0 Å². The van der Waals surface area contributed by atoms with E-state index in [1.807, 2.05) is 6.92 Å². The summed E-state index contributed by atoms with van der Waals surface area (Å²) in [4.78, 5) is 27.6. The number of rotatable bonds is 3. The smallest absolute Gasteiger partial charge is 0.312 e. The summed E-state index contributed by atoms with van der Waals surface area (Å²) in [5, 5.41) is 3.18. The van der Waals surface area contributed by atoms with Crippen molar-refractivity contribution < 1.29 is 9.59 Å². The lowest BCUT2D eigenvalue weighted by Gasteiger charge is -2.29. The number of hydrogen-bond donors (Lipinski definition) is 1. The van der Waals surface area contributed by atoms with Crippen molar-refractivity contribution in [2.45, 2.75) is 32.2 Å². The Kier molecular flexibility index (Phi) is 3.99. The fourth-order valence-corrected chi connectivity index (χ4v) is 2.20. The predicted molar refractivity (Wildman–Crippen MR) is 64.5 cm³/mol. The van der Waals surface area contributed by atoms with E-state index in [0.29, 0.717) is 25.7 Å². The molecule has 0 atom stereocenters. The molecule has 1 N–H and O–H groups in total. The molecule has 2 amide bonds. The monoisotopic (exact) mass is 239 g/mol. The van der Waals surface area contributed by atoms with Gasteiger partial charge in [0.1, 0.15) is 0 Å². The van der Waals surface area contributed by atoms with Gasteiger partial charge in [-0.1, -0.05) is 6.92 Å². The molecule has 17 heavy (non-hydrogen) atoms. The molecule has 1 heterocycles. The van der Waals surface area contributed by atoms with E-state index < -0.39 is 0 Å². The normalized spacial score (nSPS) is 20.2. The zero-order chi connectivity index (χ0) is 12.3. The molecule has 1 aliphatic heterocycles. The van der Waals surface area contributed by atoms with Gasteiger partial charge in [-0.15, -0.1) is 0 Å². The second-order valence-corrected chi connectivity index (χ2v) is 4.77. The molecular weight excluding hydrogens is 218 g/mol. The highest BCUT2D eigenvalue weighted by molar-refractivity contribution is 6.35. The Morgan fingerprint density at radius 2 is 1.94 bits per heavy atom. The number of hydrogen-bond acceptors (Lipinski definition) is 3. The number of carbonyl (C=O) groups excluding carboxylic acids is 2. The number of carbonyl (C=O) groups is 2. The van der Waals surface area contributed by atoms with Crippen LogP contribution in [0, 0.1) is 0 Å². The highest BCUT2D eigenvalue weighted by atomic mass is 16.2. The molecule has 0 aromatic rings. The van der Waals surface area contributed by atoms with Crippen molar-refractivity contribution in [1.82, 2.24) is 15.1 Å². The molecule has 0 unspecified atom stereocenters. The summed E-state index contributed by atoms with van der Waals surface area (Å²) in [6.45, 7) is 5.62. The molecule has 0 aromatic heterocycles. The van der Waals surface area contributed by atoms with Gasteiger partial charge in [0.15, 0.2) is 0 Å². The lowest BCUT2D eigenvalue weighted by molar-refractivity contribution is -0.152. The summed E-state index contributed by atoms with van der Waals surface area (Å²) in [7, 11) is 0. The second kappa shape index (κ2) is 5.49. The van der Waals surface area contributed by atoms with Crippen LogP contribution in [0.5, 0.6) is 0 Å². The van der Waals surface area contributed by atoms with E-state index >= 15 is 0 Å². The van der Waals surface area contributed by atoms with E-state index in [0.717, 1.165) is 32.4 Å². The Morgan fingerprint density at radius 3 is 2.47 bits per heavy atom. The molecule has 1 aliphatic carbocycles. The van der Waals surface area contributed by atoms with Gasteiger partial charge in [-0.25, -0.2) is 0 Å². The van der Waals surface area contributed by atoms with Crippen LogP contribution in [-0.4, -0.2) is 60.4 Å². The lowest BCUT2D eigenvalue weighted by Crippen LogP contribution is -2.52. The molecule has 0 aromatic carbocycles. The average Bonchev–Trinajstić information content (AvgIpc) is 3.19. The first-order chi connectivity index (χ1) is 8.24. The van der Waals surface area contributed by atoms with Gasteiger partial charge in [0.05, 0.1) is 0 Å². The molecule has 5 nitrogen and oxygen atoms in total. The third-order valence-electron chi connectivity index (χ3n) is 3.30. The Hall–Kier alpha value is -1.10. The molecule has 1 saturated heterocycles. The summed E-state index contributed by atoms with van der Waals surface area (Å²) in [6, 6.07) is 0.328. The number of piperazine rings is 1. The third-order valence-corrected chi connectivity index (χ3v) is 3.30. The van der Waals surface area contributed by atoms with Crippen LogP contribution in [0.15, 0.2) is 0 Å². The lowest BCUT2D eigenvalue weighted by atomic mass is 10.3. The van der Waals surface area contributed by atoms with Crippen LogP contribution in [0.25, 0.3) is 0 Å². The molecule has 0 spiro atoms. The van der Waals surface area contributed by atoms with E-state index in [1.165, 1.54) is 0 Å². The molecule has 2 rings (SSSR count). The van der Waals surface area contributed by atoms with Crippen molar-refractivity contribution in [2.75, 3.05) is 32.7 Å². The van der Waals surface area contributed by atoms with E-state index in [4.69, 9.17) is 0 Å². The average molecular weight is 239 g/mol. The zero-order valence-electron chi connectivity index (χ0n) is 10.4. The Bertz CT molecular complexity index is 296. The first-order valence-corrected chi connectivity index (χ1v) is 6.54. The first-order valence-electron chi connectivity index (χ1n) is 6.54. The highest BCUT2D eigenvalue weighted by Gasteiger charge is 2.36. The largest absolute Gasteiger partial charge is 0.332 e. The van der Waals surface area contributed by atoms with Gasteiger partial charge in [0.25, 0.3) is 0 Å². The molecule has 2 fully saturated rings. The topological polar surface area (TPSA) is 52.7 Å². The van der Waals surface area contributed by atoms with E-state index in [9.17, 15) is 9.59 Å². The van der Waals surface area contributed by atoms with Crippen molar-refractivity contribution in [2.24, 2.45) is 0 Å². The van der Waals surface area contributed by atoms with Gasteiger partial charge >= 0.3 is 11.8 Å². The zero-order valence-corrected chi connectivity index (χ0v) is 10.4. The second-order valence-electron chi connectivity index (χ2n) is 4.77. The van der Waals surface area contributed by atoms with Crippen LogP contribution in [0.1, 0.15) is 26.2 Å². The minimum absolute atomic E-state index is 0.295. The van der Waals surface area contributed by atoms with Gasteiger partial charge in [0.2, 0.25) is 0 Å². The number of nitrogens with one attached hydrogen (secondary N) is 1. The van der Waals surface area contributed by atoms with Gasteiger partial charge in [-0.05, 0) is 19.3 Å². The minimum Gasteiger partial charge on any atom is -0.332 e. The van der Waals surface area contributed by atoms with Crippen LogP contribution >= 0.6 is 0 Å². The summed E-state index contributed by atoms with van der Waals surface area (Å²) < 4.78 is 0. The highest BCUT2D eigenvalue weighted by Crippen LogP contribution is 2.27. The van der Waals surface area contributed by atoms with Crippen molar-refractivity contribution in [1.29, 1.82) is 0 Å². The van der Waals surface area contributed by atoms with E-state index in [1.54, 1.807) is 9.80 Å². The maximum atomic E-state index is 12.1. The number of nitrogens with zero attached hydrogens (tertiary/aromatic N) is 2. The van der Waals surface area contributed by atoms with E-state index in [-0.39, 0.29) is 11.8 Å². The predicted octanol–water partition coefficient (Wildman–Crippen LogP) is -0.181. The van der Waals surface area contributed by atoms with Crippen LogP contribution in [0.4, 0.5) is 0 Å². The molecule has 5 heteroatoms. The quantitative estimate of drug-likeness (QED) is 0.695. The van der Waals surface area contributed by atoms with Crippen molar-refractivity contribution >= 4 is 11.8 Å². The minimum atomic E-state index is -0.313. The van der Waals surface area contributed by atoms with Gasteiger partial charge in [-0.2, -0.15) is 0 Å². The Morgan fingerprint density at radius 1 is 1.29 bits per heavy atom. The van der Waals surface area contributed by atoms with Gasteiger partial charge in [0, 0.05) is 38.8 Å². The van der Waals surface area contributed by atoms with Gasteiger partial charge in [-0.3, -0.25) is 9.59 Å². The first kappa shape index (κ1) is 12.4. The third kappa shape index (κ3) is 2.97. The summed E-state index contributed by atoms with van der Waals surface area (Å²) in [6.07, 6.45) is 3.03. The maximum absolute atomic E-state index is 12.1. The molecule has 0 bridgehead atoms. The summed E-state index contributed by atoms with van der Waals surface area (Å²) in [5.74, 6) is -0.608. The molecule has 0 radical (unpaired) electrons. The molecular formula is C12H21N3O2. The van der Waals surface area contributed by atoms with Crippen LogP contribution < -0.4 is 5.32 Å². The van der Waals surface area contributed by atoms with Crippen molar-refractivity contribution in [3.05, 3.63) is 0 Å². The van der Waals surface area contributed by atoms with Crippen molar-refractivity contribution in [3.63, 3.8) is 0 Å². The fraction of sp³-hybridized carbons (Fsp3) is 0.833. The van der Waals surface area contributed by atoms with E-state index in [2.05, 4.69) is 5.32 Å².